The lowest BCUT2D eigenvalue weighted by atomic mass is 10.0. The highest BCUT2D eigenvalue weighted by Crippen LogP contribution is 2.29. The van der Waals surface area contributed by atoms with E-state index >= 15 is 0 Å². The Morgan fingerprint density at radius 3 is 2.59 bits per heavy atom. The van der Waals surface area contributed by atoms with Crippen LogP contribution in [0.5, 0.6) is 0 Å². The summed E-state index contributed by atoms with van der Waals surface area (Å²) in [7, 11) is 1.68. The molecule has 5 nitrogen and oxygen atoms in total. The van der Waals surface area contributed by atoms with E-state index in [-0.39, 0.29) is 5.56 Å². The molecule has 0 bridgehead atoms. The number of benzene rings is 2. The molecule has 4 aromatic rings. The van der Waals surface area contributed by atoms with E-state index in [0.717, 1.165) is 5.56 Å². The summed E-state index contributed by atoms with van der Waals surface area (Å²) in [5.41, 5.74) is 3.99. The number of aromatic nitrogens is 2. The lowest BCUT2D eigenvalue weighted by Crippen LogP contribution is -2.17. The van der Waals surface area contributed by atoms with Gasteiger partial charge >= 0.3 is 0 Å². The zero-order valence-electron chi connectivity index (χ0n) is 15.5. The summed E-state index contributed by atoms with van der Waals surface area (Å²) >= 11 is 5.93. The molecule has 29 heavy (non-hydrogen) atoms. The number of hydrogen-bond acceptors (Lipinski definition) is 4. The van der Waals surface area contributed by atoms with Crippen LogP contribution in [0.1, 0.15) is 22.9 Å². The molecule has 0 fully saturated rings. The molecule has 0 amide bonds. The average molecular weight is 402 g/mol. The maximum Gasteiger partial charge on any atom is 0.251 e. The predicted octanol–water partition coefficient (Wildman–Crippen LogP) is 4.21. The van der Waals surface area contributed by atoms with Crippen molar-refractivity contribution < 1.29 is 5.11 Å². The molecule has 0 saturated heterocycles. The fraction of sp³-hybridized carbons (Fsp3) is 0.0870. The number of fused-ring (bicyclic) bond motifs is 1. The van der Waals surface area contributed by atoms with Crippen LogP contribution in [0.4, 0.5) is 0 Å². The van der Waals surface area contributed by atoms with E-state index < -0.39 is 6.10 Å². The number of pyridine rings is 2. The van der Waals surface area contributed by atoms with Crippen LogP contribution in [0.3, 0.4) is 0 Å². The van der Waals surface area contributed by atoms with Crippen molar-refractivity contribution in [3.05, 3.63) is 98.9 Å². The summed E-state index contributed by atoms with van der Waals surface area (Å²) in [6.07, 6.45) is -0.938. The van der Waals surface area contributed by atoms with E-state index in [2.05, 4.69) is 11.1 Å². The molecule has 0 aliphatic rings. The van der Waals surface area contributed by atoms with Crippen molar-refractivity contribution >= 4 is 22.6 Å². The number of hydrogen-bond donors (Lipinski definition) is 1. The third-order valence-corrected chi connectivity index (χ3v) is 5.13. The van der Waals surface area contributed by atoms with Gasteiger partial charge in [0.05, 0.1) is 28.4 Å². The average Bonchev–Trinajstić information content (AvgIpc) is 2.76. The van der Waals surface area contributed by atoms with Crippen LogP contribution in [0, 0.1) is 11.3 Å². The predicted molar refractivity (Wildman–Crippen MR) is 113 cm³/mol. The molecule has 2 aromatic heterocycles. The van der Waals surface area contributed by atoms with Crippen molar-refractivity contribution in [3.63, 3.8) is 0 Å². The van der Waals surface area contributed by atoms with E-state index in [1.165, 1.54) is 10.6 Å². The summed E-state index contributed by atoms with van der Waals surface area (Å²) in [5.74, 6) is 0. The Morgan fingerprint density at radius 2 is 1.86 bits per heavy atom. The smallest absolute Gasteiger partial charge is 0.251 e. The molecule has 142 valence electrons. The number of aliphatic hydroxyl groups excluding tert-OH is 1. The Labute approximate surface area is 172 Å². The molecule has 1 N–H and O–H groups in total. The maximum atomic E-state index is 12.5. The summed E-state index contributed by atoms with van der Waals surface area (Å²) < 4.78 is 1.51. The number of aryl methyl sites for hydroxylation is 1. The fourth-order valence-electron chi connectivity index (χ4n) is 3.29. The molecule has 1 unspecified atom stereocenters. The second-order valence-corrected chi connectivity index (χ2v) is 7.14. The van der Waals surface area contributed by atoms with Gasteiger partial charge in [-0.2, -0.15) is 5.26 Å². The molecule has 0 aliphatic heterocycles. The molecule has 2 heterocycles. The van der Waals surface area contributed by atoms with Gasteiger partial charge in [-0.15, -0.1) is 0 Å². The fourth-order valence-corrected chi connectivity index (χ4v) is 3.41. The van der Waals surface area contributed by atoms with Gasteiger partial charge in [-0.25, -0.2) is 4.98 Å². The van der Waals surface area contributed by atoms with Gasteiger partial charge in [-0.05, 0) is 47.5 Å². The highest BCUT2D eigenvalue weighted by atomic mass is 35.5. The molecule has 2 aromatic carbocycles. The highest BCUT2D eigenvalue weighted by Gasteiger charge is 2.16. The second-order valence-electron chi connectivity index (χ2n) is 6.71. The first-order chi connectivity index (χ1) is 14.0. The number of halogens is 1. The zero-order valence-corrected chi connectivity index (χ0v) is 16.3. The van der Waals surface area contributed by atoms with Crippen LogP contribution in [0.15, 0.2) is 71.5 Å². The first-order valence-electron chi connectivity index (χ1n) is 8.92. The Bertz CT molecular complexity index is 1320. The van der Waals surface area contributed by atoms with Gasteiger partial charge in [0, 0.05) is 23.7 Å². The molecule has 4 rings (SSSR count). The minimum Gasteiger partial charge on any atom is -0.382 e. The van der Waals surface area contributed by atoms with E-state index in [1.807, 2.05) is 6.07 Å². The SMILES string of the molecule is Cn1c(=O)cc(-c2cccc(C#N)c2)c2nc(C(O)c3ccc(Cl)cc3)ccc21. The van der Waals surface area contributed by atoms with Gasteiger partial charge in [0.1, 0.15) is 6.10 Å². The van der Waals surface area contributed by atoms with Crippen LogP contribution in [-0.2, 0) is 7.05 Å². The number of nitrogens with zero attached hydrogens (tertiary/aromatic N) is 3. The molecule has 0 radical (unpaired) electrons. The molecule has 0 saturated carbocycles. The topological polar surface area (TPSA) is 78.9 Å². The highest BCUT2D eigenvalue weighted by molar-refractivity contribution is 6.30. The molecular formula is C23H16ClN3O2. The van der Waals surface area contributed by atoms with Crippen molar-refractivity contribution in [3.8, 4) is 17.2 Å². The van der Waals surface area contributed by atoms with Gasteiger partial charge in [-0.3, -0.25) is 4.79 Å². The molecule has 0 spiro atoms. The van der Waals surface area contributed by atoms with Crippen LogP contribution in [0.2, 0.25) is 5.02 Å². The monoisotopic (exact) mass is 401 g/mol. The zero-order chi connectivity index (χ0) is 20.5. The second kappa shape index (κ2) is 7.51. The van der Waals surface area contributed by atoms with E-state index in [0.29, 0.717) is 38.4 Å². The Balaban J connectivity index is 1.93. The Hall–Kier alpha value is -3.46. The van der Waals surface area contributed by atoms with Crippen molar-refractivity contribution in [1.82, 2.24) is 9.55 Å². The van der Waals surface area contributed by atoms with Gasteiger partial charge in [0.25, 0.3) is 5.56 Å². The Morgan fingerprint density at radius 1 is 1.10 bits per heavy atom. The summed E-state index contributed by atoms with van der Waals surface area (Å²) in [6, 6.07) is 21.0. The van der Waals surface area contributed by atoms with Crippen molar-refractivity contribution in [1.29, 1.82) is 5.26 Å². The molecular weight excluding hydrogens is 386 g/mol. The lowest BCUT2D eigenvalue weighted by Gasteiger charge is -2.15. The van der Waals surface area contributed by atoms with Crippen molar-refractivity contribution in [2.45, 2.75) is 6.10 Å². The standard InChI is InChI=1S/C23H16ClN3O2/c1-27-20-10-9-19(23(29)15-5-7-17(24)8-6-15)26-22(20)18(12-21(27)28)16-4-2-3-14(11-16)13-25/h2-12,23,29H,1H3. The number of rotatable bonds is 3. The van der Waals surface area contributed by atoms with E-state index in [1.54, 1.807) is 61.6 Å². The third kappa shape index (κ3) is 3.52. The largest absolute Gasteiger partial charge is 0.382 e. The van der Waals surface area contributed by atoms with Crippen LogP contribution in [-0.4, -0.2) is 14.7 Å². The van der Waals surface area contributed by atoms with Crippen LogP contribution >= 0.6 is 11.6 Å². The van der Waals surface area contributed by atoms with Crippen molar-refractivity contribution in [2.75, 3.05) is 0 Å². The lowest BCUT2D eigenvalue weighted by molar-refractivity contribution is 0.216. The summed E-state index contributed by atoms with van der Waals surface area (Å²) in [4.78, 5) is 17.1. The third-order valence-electron chi connectivity index (χ3n) is 4.88. The Kier molecular flexibility index (Phi) is 4.89. The van der Waals surface area contributed by atoms with Gasteiger partial charge in [-0.1, -0.05) is 35.9 Å². The first-order valence-corrected chi connectivity index (χ1v) is 9.30. The minimum absolute atomic E-state index is 0.178. The quantitative estimate of drug-likeness (QED) is 0.557. The summed E-state index contributed by atoms with van der Waals surface area (Å²) in [6.45, 7) is 0. The van der Waals surface area contributed by atoms with E-state index in [4.69, 9.17) is 11.6 Å². The molecule has 0 aliphatic carbocycles. The first kappa shape index (κ1) is 18.9. The normalized spacial score (nSPS) is 11.9. The van der Waals surface area contributed by atoms with Gasteiger partial charge < -0.3 is 9.67 Å². The summed E-state index contributed by atoms with van der Waals surface area (Å²) in [5, 5.41) is 20.6. The van der Waals surface area contributed by atoms with Crippen LogP contribution in [0.25, 0.3) is 22.2 Å². The van der Waals surface area contributed by atoms with Crippen molar-refractivity contribution in [2.24, 2.45) is 7.05 Å². The minimum atomic E-state index is -0.938. The molecule has 1 atom stereocenters. The van der Waals surface area contributed by atoms with Gasteiger partial charge in [0.15, 0.2) is 0 Å². The number of nitriles is 1. The number of aliphatic hydroxyl groups is 1. The van der Waals surface area contributed by atoms with Crippen LogP contribution < -0.4 is 5.56 Å². The van der Waals surface area contributed by atoms with E-state index in [9.17, 15) is 15.2 Å². The van der Waals surface area contributed by atoms with Gasteiger partial charge in [0.2, 0.25) is 0 Å². The molecule has 6 heteroatoms. The maximum absolute atomic E-state index is 12.5.